The summed E-state index contributed by atoms with van der Waals surface area (Å²) in [7, 11) is -4.89. The summed E-state index contributed by atoms with van der Waals surface area (Å²) in [5.41, 5.74) is 0. The minimum absolute atomic E-state index is 0. The average molecular weight is 234 g/mol. The van der Waals surface area contributed by atoms with Gasteiger partial charge in [0.2, 0.25) is 0 Å². The normalized spacial score (nSPS) is 8.64. The fraction of sp³-hybridized carbons (Fsp3) is 1.00. The first-order valence-corrected chi connectivity index (χ1v) is 3.69. The number of phosphoric acid groups is 1. The molecule has 58 valence electrons. The Morgan fingerprint density at radius 1 is 1.27 bits per heavy atom. The maximum Gasteiger partial charge on any atom is 1.00 e. The Morgan fingerprint density at radius 3 is 1.27 bits per heavy atom. The molecule has 11 heavy (non-hydrogen) atoms. The van der Waals surface area contributed by atoms with Crippen molar-refractivity contribution in [1.82, 2.24) is 0 Å². The van der Waals surface area contributed by atoms with Gasteiger partial charge in [-0.2, -0.15) is 0 Å². The Balaban J connectivity index is -0.0000000383. The van der Waals surface area contributed by atoms with Gasteiger partial charge in [-0.1, -0.05) is 13.8 Å². The molecule has 0 aliphatic carbocycles. The molecule has 0 amide bonds. The van der Waals surface area contributed by atoms with E-state index in [1.54, 1.807) is 13.8 Å². The van der Waals surface area contributed by atoms with E-state index in [-0.39, 0.29) is 103 Å². The van der Waals surface area contributed by atoms with Crippen molar-refractivity contribution in [2.75, 3.05) is 0 Å². The van der Waals surface area contributed by atoms with Gasteiger partial charge in [0.1, 0.15) is 0 Å². The van der Waals surface area contributed by atoms with Gasteiger partial charge in [-0.25, -0.2) is 0 Å². The first-order chi connectivity index (χ1) is 3.73. The van der Waals surface area contributed by atoms with E-state index in [1.807, 2.05) is 0 Å². The van der Waals surface area contributed by atoms with Gasteiger partial charge < -0.3 is 19.8 Å². The summed E-state index contributed by atoms with van der Waals surface area (Å²) < 4.78 is 8.77. The Morgan fingerprint density at radius 2 is 1.27 bits per heavy atom. The average Bonchev–Trinajstić information content (AvgIpc) is 1.19. The first-order valence-electron chi connectivity index (χ1n) is 2.16. The van der Waals surface area contributed by atoms with E-state index in [1.165, 1.54) is 0 Å². The summed E-state index contributed by atoms with van der Waals surface area (Å²) in [4.78, 5) is 22.9. The van der Waals surface area contributed by atoms with E-state index in [9.17, 15) is 5.11 Å². The van der Waals surface area contributed by atoms with Crippen LogP contribution in [0.5, 0.6) is 0 Å². The number of hydrogen-bond donors (Lipinski definition) is 2. The largest absolute Gasteiger partial charge is 1.00 e. The third kappa shape index (κ3) is 154. The van der Waals surface area contributed by atoms with Crippen molar-refractivity contribution in [2.24, 2.45) is 0 Å². The van der Waals surface area contributed by atoms with Gasteiger partial charge in [-0.3, -0.25) is 4.57 Å². The van der Waals surface area contributed by atoms with E-state index in [2.05, 4.69) is 0 Å². The van der Waals surface area contributed by atoms with Crippen molar-refractivity contribution in [3.8, 4) is 0 Å². The molecule has 0 saturated heterocycles. The van der Waals surface area contributed by atoms with Crippen molar-refractivity contribution in [2.45, 2.75) is 20.0 Å². The van der Waals surface area contributed by atoms with Crippen molar-refractivity contribution >= 4 is 7.82 Å². The summed E-state index contributed by atoms with van der Waals surface area (Å²) in [6.45, 7) is 3.22. The predicted molar refractivity (Wildman–Crippen MR) is 27.2 cm³/mol. The molecule has 0 heterocycles. The van der Waals surface area contributed by atoms with Crippen LogP contribution >= 0.6 is 7.82 Å². The quantitative estimate of drug-likeness (QED) is 0.320. The molecule has 0 bridgehead atoms. The molecule has 0 aromatic heterocycles. The molecule has 0 aliphatic heterocycles. The van der Waals surface area contributed by atoms with E-state index in [0.717, 1.165) is 0 Å². The molecule has 0 atom stereocenters. The molecule has 0 aromatic carbocycles. The third-order valence-corrected chi connectivity index (χ3v) is 0. The van der Waals surface area contributed by atoms with Gasteiger partial charge in [0.05, 0.1) is 0 Å². The van der Waals surface area contributed by atoms with Crippen LogP contribution in [0.2, 0.25) is 0 Å². The van der Waals surface area contributed by atoms with Gasteiger partial charge >= 0.3 is 103 Å². The van der Waals surface area contributed by atoms with Gasteiger partial charge in [0.15, 0.2) is 0 Å². The Hall–Kier alpha value is 3.34. The molecule has 0 aliphatic rings. The van der Waals surface area contributed by atoms with Crippen LogP contribution in [0.4, 0.5) is 0 Å². The van der Waals surface area contributed by atoms with E-state index < -0.39 is 13.9 Å². The Bertz CT molecular complexity index is 90.9. The fourth-order valence-corrected chi connectivity index (χ4v) is 0. The van der Waals surface area contributed by atoms with Gasteiger partial charge in [0.25, 0.3) is 7.82 Å². The second-order valence-corrected chi connectivity index (χ2v) is 2.52. The zero-order valence-corrected chi connectivity index (χ0v) is 14.3. The summed E-state index contributed by atoms with van der Waals surface area (Å²) in [5.74, 6) is 0. The summed E-state index contributed by atoms with van der Waals surface area (Å²) in [6, 6.07) is 0. The van der Waals surface area contributed by atoms with E-state index in [4.69, 9.17) is 19.2 Å². The first kappa shape index (κ1) is 23.9. The smallest absolute Gasteiger partial charge is 0.852 e. The SMILES string of the molecule is CC(C)[O-].O=P([O-])(O)O.[K+].[K+]. The zero-order valence-electron chi connectivity index (χ0n) is 7.14. The van der Waals surface area contributed by atoms with Gasteiger partial charge in [-0.05, 0) is 0 Å². The van der Waals surface area contributed by atoms with Gasteiger partial charge in [0, 0.05) is 0 Å². The molecule has 5 nitrogen and oxygen atoms in total. The van der Waals surface area contributed by atoms with Crippen molar-refractivity contribution in [1.29, 1.82) is 0 Å². The summed E-state index contributed by atoms with van der Waals surface area (Å²) in [6.07, 6.45) is -0.417. The van der Waals surface area contributed by atoms with Crippen LogP contribution < -0.4 is 113 Å². The monoisotopic (exact) mass is 234 g/mol. The van der Waals surface area contributed by atoms with Crippen molar-refractivity contribution in [3.05, 3.63) is 0 Å². The Labute approximate surface area is 151 Å². The molecule has 0 aromatic rings. The van der Waals surface area contributed by atoms with Gasteiger partial charge in [-0.15, -0.1) is 6.10 Å². The van der Waals surface area contributed by atoms with Crippen LogP contribution in [-0.4, -0.2) is 15.9 Å². The second kappa shape index (κ2) is 13.3. The number of rotatable bonds is 0. The van der Waals surface area contributed by atoms with Crippen LogP contribution in [0.25, 0.3) is 0 Å². The molecular formula is C3H9K2O5P. The summed E-state index contributed by atoms with van der Waals surface area (Å²) in [5, 5.41) is 9.53. The molecule has 0 unspecified atom stereocenters. The van der Waals surface area contributed by atoms with Crippen LogP contribution in [0.3, 0.4) is 0 Å². The zero-order chi connectivity index (χ0) is 8.08. The molecule has 0 radical (unpaired) electrons. The van der Waals surface area contributed by atoms with E-state index in [0.29, 0.717) is 0 Å². The molecule has 0 rings (SSSR count). The van der Waals surface area contributed by atoms with Crippen LogP contribution in [-0.2, 0) is 4.57 Å². The minimum Gasteiger partial charge on any atom is -0.852 e. The second-order valence-electron chi connectivity index (χ2n) is 1.54. The fourth-order valence-electron chi connectivity index (χ4n) is 0. The van der Waals surface area contributed by atoms with E-state index >= 15 is 0 Å². The standard InChI is InChI=1S/C3H7O.2K.H3O4P/c1-3(2)4;;;1-5(2,3)4/h3H,1-2H3;;;(H3,1,2,3,4)/q-1;2*+1;/p-1. The molecule has 0 fully saturated rings. The molecule has 8 heteroatoms. The predicted octanol–water partition coefficient (Wildman–Crippen LogP) is -7.80. The van der Waals surface area contributed by atoms with Crippen LogP contribution in [0.15, 0.2) is 0 Å². The number of hydrogen-bond acceptors (Lipinski definition) is 3. The molecule has 0 spiro atoms. The maximum absolute atomic E-state index is 9.53. The van der Waals surface area contributed by atoms with Crippen LogP contribution in [0.1, 0.15) is 13.8 Å². The minimum atomic E-state index is -4.89. The van der Waals surface area contributed by atoms with Crippen LogP contribution in [0, 0.1) is 0 Å². The Kier molecular flexibility index (Phi) is 29.0. The maximum atomic E-state index is 9.53. The topological polar surface area (TPSA) is 104 Å². The molecule has 2 N–H and O–H groups in total. The van der Waals surface area contributed by atoms with Crippen molar-refractivity contribution < 1.29 is 127 Å². The third-order valence-electron chi connectivity index (χ3n) is 0. The summed E-state index contributed by atoms with van der Waals surface area (Å²) >= 11 is 0. The molecule has 0 saturated carbocycles. The van der Waals surface area contributed by atoms with Crippen molar-refractivity contribution in [3.63, 3.8) is 0 Å². The molecular weight excluding hydrogens is 225 g/mol.